The van der Waals surface area contributed by atoms with Gasteiger partial charge in [-0.3, -0.25) is 4.79 Å². The van der Waals surface area contributed by atoms with Gasteiger partial charge in [0.15, 0.2) is 5.16 Å². The number of aromatic nitrogens is 2. The maximum atomic E-state index is 11.4. The summed E-state index contributed by atoms with van der Waals surface area (Å²) in [5.74, 6) is 0.652. The number of hydrogen-bond acceptors (Lipinski definition) is 5. The SMILES string of the molecule is CCCc1cc(=O)[nH]c(SCCC(C)(N)C#N)n1. The van der Waals surface area contributed by atoms with Gasteiger partial charge >= 0.3 is 0 Å². The number of hydrogen-bond donors (Lipinski definition) is 2. The van der Waals surface area contributed by atoms with E-state index in [9.17, 15) is 4.79 Å². The maximum absolute atomic E-state index is 11.4. The maximum Gasteiger partial charge on any atom is 0.251 e. The van der Waals surface area contributed by atoms with Crippen LogP contribution in [0.15, 0.2) is 16.0 Å². The Kier molecular flexibility index (Phi) is 5.38. The molecule has 5 nitrogen and oxygen atoms in total. The molecule has 0 spiro atoms. The van der Waals surface area contributed by atoms with Crippen molar-refractivity contribution >= 4 is 11.8 Å². The topological polar surface area (TPSA) is 95.6 Å². The predicted octanol–water partition coefficient (Wildman–Crippen LogP) is 1.45. The highest BCUT2D eigenvalue weighted by molar-refractivity contribution is 7.99. The van der Waals surface area contributed by atoms with Crippen molar-refractivity contribution in [2.75, 3.05) is 5.75 Å². The van der Waals surface area contributed by atoms with Gasteiger partial charge in [0.2, 0.25) is 0 Å². The Morgan fingerprint density at radius 2 is 2.39 bits per heavy atom. The lowest BCUT2D eigenvalue weighted by molar-refractivity contribution is 0.583. The van der Waals surface area contributed by atoms with Gasteiger partial charge < -0.3 is 10.7 Å². The molecular weight excluding hydrogens is 248 g/mol. The number of rotatable bonds is 6. The highest BCUT2D eigenvalue weighted by atomic mass is 32.2. The molecule has 0 aliphatic carbocycles. The minimum atomic E-state index is -0.825. The van der Waals surface area contributed by atoms with Crippen LogP contribution in [0.3, 0.4) is 0 Å². The number of nitrogens with two attached hydrogens (primary N) is 1. The normalized spacial score (nSPS) is 13.9. The van der Waals surface area contributed by atoms with Crippen molar-refractivity contribution in [3.8, 4) is 6.07 Å². The van der Waals surface area contributed by atoms with Crippen molar-refractivity contribution in [1.29, 1.82) is 5.26 Å². The summed E-state index contributed by atoms with van der Waals surface area (Å²) in [4.78, 5) is 18.5. The second kappa shape index (κ2) is 6.57. The van der Waals surface area contributed by atoms with Crippen molar-refractivity contribution < 1.29 is 0 Å². The second-order valence-electron chi connectivity index (χ2n) is 4.42. The monoisotopic (exact) mass is 266 g/mol. The number of nitrogens with one attached hydrogen (secondary N) is 1. The summed E-state index contributed by atoms with van der Waals surface area (Å²) in [6.45, 7) is 3.74. The van der Waals surface area contributed by atoms with Crippen LogP contribution in [0.25, 0.3) is 0 Å². The molecule has 0 amide bonds. The quantitative estimate of drug-likeness (QED) is 0.600. The minimum Gasteiger partial charge on any atom is -0.314 e. The van der Waals surface area contributed by atoms with Crippen molar-refractivity contribution in [1.82, 2.24) is 9.97 Å². The van der Waals surface area contributed by atoms with E-state index < -0.39 is 5.54 Å². The van der Waals surface area contributed by atoms with E-state index in [2.05, 4.69) is 9.97 Å². The molecule has 1 aromatic heterocycles. The molecule has 3 N–H and O–H groups in total. The van der Waals surface area contributed by atoms with Crippen molar-refractivity contribution in [2.24, 2.45) is 5.73 Å². The molecule has 0 aliphatic rings. The lowest BCUT2D eigenvalue weighted by atomic mass is 10.0. The molecule has 1 rings (SSSR count). The molecule has 0 aromatic carbocycles. The zero-order valence-corrected chi connectivity index (χ0v) is 11.5. The zero-order valence-electron chi connectivity index (χ0n) is 10.7. The van der Waals surface area contributed by atoms with E-state index in [1.54, 1.807) is 6.92 Å². The summed E-state index contributed by atoms with van der Waals surface area (Å²) < 4.78 is 0. The van der Waals surface area contributed by atoms with E-state index >= 15 is 0 Å². The molecule has 0 saturated heterocycles. The van der Waals surface area contributed by atoms with Crippen LogP contribution in [0, 0.1) is 11.3 Å². The Morgan fingerprint density at radius 1 is 1.67 bits per heavy atom. The van der Waals surface area contributed by atoms with Crippen LogP contribution in [0.4, 0.5) is 0 Å². The van der Waals surface area contributed by atoms with Crippen LogP contribution >= 0.6 is 11.8 Å². The number of aryl methyl sites for hydroxylation is 1. The number of aromatic amines is 1. The summed E-state index contributed by atoms with van der Waals surface area (Å²) in [5.41, 5.74) is 5.57. The number of H-pyrrole nitrogens is 1. The van der Waals surface area contributed by atoms with Crippen molar-refractivity contribution in [3.05, 3.63) is 22.1 Å². The van der Waals surface area contributed by atoms with Crippen LogP contribution in [-0.2, 0) is 6.42 Å². The molecule has 1 heterocycles. The van der Waals surface area contributed by atoms with Gasteiger partial charge in [0, 0.05) is 17.5 Å². The molecule has 0 fully saturated rings. The molecule has 1 unspecified atom stereocenters. The van der Waals surface area contributed by atoms with Gasteiger partial charge in [-0.2, -0.15) is 5.26 Å². The molecule has 0 bridgehead atoms. The van der Waals surface area contributed by atoms with Crippen LogP contribution in [0.2, 0.25) is 0 Å². The largest absolute Gasteiger partial charge is 0.314 e. The smallest absolute Gasteiger partial charge is 0.251 e. The minimum absolute atomic E-state index is 0.133. The van der Waals surface area contributed by atoms with Gasteiger partial charge in [-0.1, -0.05) is 25.1 Å². The zero-order chi connectivity index (χ0) is 13.6. The average Bonchev–Trinajstić information content (AvgIpc) is 2.28. The van der Waals surface area contributed by atoms with E-state index in [1.807, 2.05) is 13.0 Å². The molecule has 1 aromatic rings. The molecule has 6 heteroatoms. The van der Waals surface area contributed by atoms with E-state index in [0.29, 0.717) is 17.3 Å². The van der Waals surface area contributed by atoms with Gasteiger partial charge in [0.05, 0.1) is 6.07 Å². The van der Waals surface area contributed by atoms with E-state index in [0.717, 1.165) is 18.5 Å². The lowest BCUT2D eigenvalue weighted by Crippen LogP contribution is -2.34. The van der Waals surface area contributed by atoms with E-state index in [4.69, 9.17) is 11.0 Å². The molecule has 0 saturated carbocycles. The summed E-state index contributed by atoms with van der Waals surface area (Å²) in [6.07, 6.45) is 2.30. The Balaban J connectivity index is 2.63. The van der Waals surface area contributed by atoms with Gasteiger partial charge in [-0.25, -0.2) is 4.98 Å². The fraction of sp³-hybridized carbons (Fsp3) is 0.583. The fourth-order valence-electron chi connectivity index (χ4n) is 1.35. The first-order valence-corrected chi connectivity index (χ1v) is 6.88. The average molecular weight is 266 g/mol. The standard InChI is InChI=1S/C12H18N4OS/c1-3-4-9-7-10(17)16-11(15-9)18-6-5-12(2,14)8-13/h7H,3-6,14H2,1-2H3,(H,15,16,17). The molecular formula is C12H18N4OS. The second-order valence-corrected chi connectivity index (χ2v) is 5.50. The Hall–Kier alpha value is -1.32. The van der Waals surface area contributed by atoms with Crippen LogP contribution in [0.1, 0.15) is 32.4 Å². The third-order valence-electron chi connectivity index (χ3n) is 2.39. The first kappa shape index (κ1) is 14.7. The van der Waals surface area contributed by atoms with E-state index in [1.165, 1.54) is 17.8 Å². The van der Waals surface area contributed by atoms with Crippen LogP contribution < -0.4 is 11.3 Å². The molecule has 98 valence electrons. The first-order valence-electron chi connectivity index (χ1n) is 5.90. The molecule has 0 aliphatic heterocycles. The third kappa shape index (κ3) is 4.90. The molecule has 0 radical (unpaired) electrons. The van der Waals surface area contributed by atoms with Crippen LogP contribution in [0.5, 0.6) is 0 Å². The Labute approximate surface area is 111 Å². The number of nitriles is 1. The number of nitrogens with zero attached hydrogens (tertiary/aromatic N) is 2. The lowest BCUT2D eigenvalue weighted by Gasteiger charge is -2.13. The number of thioether (sulfide) groups is 1. The fourth-order valence-corrected chi connectivity index (χ4v) is 2.43. The Bertz CT molecular complexity index is 490. The van der Waals surface area contributed by atoms with Crippen molar-refractivity contribution in [2.45, 2.75) is 43.8 Å². The summed E-state index contributed by atoms with van der Waals surface area (Å²) >= 11 is 1.42. The van der Waals surface area contributed by atoms with E-state index in [-0.39, 0.29) is 5.56 Å². The predicted molar refractivity (Wildman–Crippen MR) is 72.4 cm³/mol. The molecule has 1 atom stereocenters. The molecule has 18 heavy (non-hydrogen) atoms. The third-order valence-corrected chi connectivity index (χ3v) is 3.27. The summed E-state index contributed by atoms with van der Waals surface area (Å²) in [7, 11) is 0. The van der Waals surface area contributed by atoms with Gasteiger partial charge in [0.25, 0.3) is 5.56 Å². The Morgan fingerprint density at radius 3 is 3.00 bits per heavy atom. The highest BCUT2D eigenvalue weighted by Gasteiger charge is 2.16. The van der Waals surface area contributed by atoms with Gasteiger partial charge in [-0.15, -0.1) is 0 Å². The van der Waals surface area contributed by atoms with Gasteiger partial charge in [-0.05, 0) is 19.8 Å². The van der Waals surface area contributed by atoms with Gasteiger partial charge in [0.1, 0.15) is 5.54 Å². The van der Waals surface area contributed by atoms with Crippen molar-refractivity contribution in [3.63, 3.8) is 0 Å². The van der Waals surface area contributed by atoms with Crippen LogP contribution in [-0.4, -0.2) is 21.3 Å². The summed E-state index contributed by atoms with van der Waals surface area (Å²) in [5, 5.41) is 9.39. The summed E-state index contributed by atoms with van der Waals surface area (Å²) in [6, 6.07) is 3.57. The highest BCUT2D eigenvalue weighted by Crippen LogP contribution is 2.16. The first-order chi connectivity index (χ1) is 8.46.